The molecule has 0 amide bonds. The second kappa shape index (κ2) is 5.40. The summed E-state index contributed by atoms with van der Waals surface area (Å²) in [6, 6.07) is 11.7. The molecule has 18 heavy (non-hydrogen) atoms. The molecule has 0 heterocycles. The summed E-state index contributed by atoms with van der Waals surface area (Å²) in [6.45, 7) is 0. The van der Waals surface area contributed by atoms with E-state index in [0.717, 1.165) is 5.69 Å². The summed E-state index contributed by atoms with van der Waals surface area (Å²) in [4.78, 5) is 0. The zero-order chi connectivity index (χ0) is 13.0. The van der Waals surface area contributed by atoms with E-state index in [1.54, 1.807) is 38.5 Å². The molecule has 3 nitrogen and oxygen atoms in total. The van der Waals surface area contributed by atoms with Gasteiger partial charge in [0.05, 0.1) is 14.2 Å². The lowest BCUT2D eigenvalue weighted by atomic mass is 10.2. The topological polar surface area (TPSA) is 30.5 Å². The van der Waals surface area contributed by atoms with Gasteiger partial charge in [-0.3, -0.25) is 0 Å². The van der Waals surface area contributed by atoms with Crippen molar-refractivity contribution in [2.45, 2.75) is 0 Å². The van der Waals surface area contributed by atoms with Crippen LogP contribution in [0.25, 0.3) is 0 Å². The molecule has 4 heteroatoms. The van der Waals surface area contributed by atoms with E-state index < -0.39 is 0 Å². The predicted molar refractivity (Wildman–Crippen MR) is 69.2 cm³/mol. The fourth-order valence-corrected chi connectivity index (χ4v) is 1.65. The number of hydrogen-bond acceptors (Lipinski definition) is 3. The first-order valence-corrected chi connectivity index (χ1v) is 5.47. The second-order valence-electron chi connectivity index (χ2n) is 3.71. The third kappa shape index (κ3) is 2.71. The van der Waals surface area contributed by atoms with Crippen molar-refractivity contribution in [3.63, 3.8) is 0 Å². The molecule has 2 rings (SSSR count). The highest BCUT2D eigenvalue weighted by Crippen LogP contribution is 2.31. The third-order valence-corrected chi connectivity index (χ3v) is 2.50. The van der Waals surface area contributed by atoms with E-state index in [9.17, 15) is 4.39 Å². The van der Waals surface area contributed by atoms with E-state index in [1.165, 1.54) is 12.1 Å². The molecule has 0 atom stereocenters. The Bertz CT molecular complexity index is 543. The number of ether oxygens (including phenoxy) is 2. The quantitative estimate of drug-likeness (QED) is 0.895. The van der Waals surface area contributed by atoms with Gasteiger partial charge in [-0.25, -0.2) is 4.39 Å². The van der Waals surface area contributed by atoms with Crippen molar-refractivity contribution in [2.24, 2.45) is 0 Å². The zero-order valence-electron chi connectivity index (χ0n) is 10.2. The Morgan fingerprint density at radius 3 is 2.28 bits per heavy atom. The van der Waals surface area contributed by atoms with E-state index in [0.29, 0.717) is 17.2 Å². The Hall–Kier alpha value is -2.23. The van der Waals surface area contributed by atoms with E-state index in [-0.39, 0.29) is 5.82 Å². The maximum atomic E-state index is 13.0. The number of rotatable bonds is 4. The lowest BCUT2D eigenvalue weighted by molar-refractivity contribution is 0.355. The molecular formula is C14H14FNO2. The maximum absolute atomic E-state index is 13.0. The molecule has 0 unspecified atom stereocenters. The highest BCUT2D eigenvalue weighted by Gasteiger charge is 2.04. The summed E-state index contributed by atoms with van der Waals surface area (Å²) < 4.78 is 23.4. The van der Waals surface area contributed by atoms with Gasteiger partial charge in [-0.05, 0) is 30.3 Å². The Balaban J connectivity index is 2.24. The monoisotopic (exact) mass is 247 g/mol. The fraction of sp³-hybridized carbons (Fsp3) is 0.143. The number of hydrogen-bond donors (Lipinski definition) is 1. The van der Waals surface area contributed by atoms with Gasteiger partial charge < -0.3 is 14.8 Å². The molecule has 0 radical (unpaired) electrons. The van der Waals surface area contributed by atoms with Crippen LogP contribution in [-0.4, -0.2) is 14.2 Å². The molecule has 1 N–H and O–H groups in total. The van der Waals surface area contributed by atoms with E-state index in [1.807, 2.05) is 6.07 Å². The fourth-order valence-electron chi connectivity index (χ4n) is 1.65. The van der Waals surface area contributed by atoms with Gasteiger partial charge in [-0.2, -0.15) is 0 Å². The van der Waals surface area contributed by atoms with Gasteiger partial charge in [-0.15, -0.1) is 0 Å². The van der Waals surface area contributed by atoms with Crippen molar-refractivity contribution in [3.05, 3.63) is 48.3 Å². The summed E-state index contributed by atoms with van der Waals surface area (Å²) in [5.74, 6) is 1.00. The molecule has 2 aromatic rings. The first-order valence-electron chi connectivity index (χ1n) is 5.47. The molecule has 0 saturated heterocycles. The summed E-state index contributed by atoms with van der Waals surface area (Å²) >= 11 is 0. The van der Waals surface area contributed by atoms with Crippen molar-refractivity contribution in [3.8, 4) is 11.5 Å². The highest BCUT2D eigenvalue weighted by molar-refractivity contribution is 5.63. The van der Waals surface area contributed by atoms with Crippen molar-refractivity contribution in [1.29, 1.82) is 0 Å². The average molecular weight is 247 g/mol. The Morgan fingerprint density at radius 2 is 1.61 bits per heavy atom. The summed E-state index contributed by atoms with van der Waals surface area (Å²) in [5, 5.41) is 3.10. The Labute approximate surface area is 105 Å². The van der Waals surface area contributed by atoms with Gasteiger partial charge in [0.1, 0.15) is 5.82 Å². The second-order valence-corrected chi connectivity index (χ2v) is 3.71. The van der Waals surface area contributed by atoms with Crippen molar-refractivity contribution >= 4 is 11.4 Å². The number of halogens is 1. The lowest BCUT2D eigenvalue weighted by Crippen LogP contribution is -1.94. The molecule has 2 aromatic carbocycles. The van der Waals surface area contributed by atoms with Crippen molar-refractivity contribution in [2.75, 3.05) is 19.5 Å². The Morgan fingerprint density at radius 1 is 0.889 bits per heavy atom. The number of benzene rings is 2. The summed E-state index contributed by atoms with van der Waals surface area (Å²) in [5.41, 5.74) is 1.49. The molecule has 0 spiro atoms. The van der Waals surface area contributed by atoms with Crippen LogP contribution in [0.4, 0.5) is 15.8 Å². The molecule has 94 valence electrons. The van der Waals surface area contributed by atoms with E-state index in [4.69, 9.17) is 9.47 Å². The number of methoxy groups -OCH3 is 2. The average Bonchev–Trinajstić information content (AvgIpc) is 2.38. The van der Waals surface area contributed by atoms with Gasteiger partial charge >= 0.3 is 0 Å². The first-order chi connectivity index (χ1) is 8.72. The summed E-state index contributed by atoms with van der Waals surface area (Å²) in [7, 11) is 3.15. The van der Waals surface area contributed by atoms with E-state index in [2.05, 4.69) is 5.32 Å². The third-order valence-electron chi connectivity index (χ3n) is 2.50. The van der Waals surface area contributed by atoms with Crippen LogP contribution in [0.3, 0.4) is 0 Å². The molecule has 0 aromatic heterocycles. The van der Waals surface area contributed by atoms with Crippen LogP contribution in [0.1, 0.15) is 0 Å². The van der Waals surface area contributed by atoms with Crippen LogP contribution in [-0.2, 0) is 0 Å². The highest BCUT2D eigenvalue weighted by atomic mass is 19.1. The normalized spacial score (nSPS) is 9.94. The predicted octanol–water partition coefficient (Wildman–Crippen LogP) is 3.59. The van der Waals surface area contributed by atoms with Crippen LogP contribution in [0, 0.1) is 5.82 Å². The Kier molecular flexibility index (Phi) is 3.67. The zero-order valence-corrected chi connectivity index (χ0v) is 10.2. The van der Waals surface area contributed by atoms with Crippen LogP contribution >= 0.6 is 0 Å². The number of anilines is 2. The van der Waals surface area contributed by atoms with Crippen LogP contribution in [0.5, 0.6) is 11.5 Å². The van der Waals surface area contributed by atoms with Crippen molar-refractivity contribution in [1.82, 2.24) is 0 Å². The van der Waals surface area contributed by atoms with Gasteiger partial charge in [0, 0.05) is 17.4 Å². The molecule has 0 bridgehead atoms. The minimum absolute atomic E-state index is 0.277. The largest absolute Gasteiger partial charge is 0.493 e. The molecule has 0 aliphatic rings. The number of nitrogens with one attached hydrogen (secondary N) is 1. The van der Waals surface area contributed by atoms with Gasteiger partial charge in [0.25, 0.3) is 0 Å². The smallest absolute Gasteiger partial charge is 0.162 e. The minimum atomic E-state index is -0.277. The van der Waals surface area contributed by atoms with Crippen LogP contribution < -0.4 is 14.8 Å². The molecular weight excluding hydrogens is 233 g/mol. The van der Waals surface area contributed by atoms with Gasteiger partial charge in [0.2, 0.25) is 0 Å². The van der Waals surface area contributed by atoms with Gasteiger partial charge in [-0.1, -0.05) is 6.07 Å². The first kappa shape index (κ1) is 12.2. The van der Waals surface area contributed by atoms with Crippen LogP contribution in [0.2, 0.25) is 0 Å². The molecule has 0 aliphatic heterocycles. The standard InChI is InChI=1S/C14H14FNO2/c1-17-13-7-6-12(9-14(13)18-2)16-11-5-3-4-10(15)8-11/h3-9,16H,1-2H3. The van der Waals surface area contributed by atoms with Crippen molar-refractivity contribution < 1.29 is 13.9 Å². The van der Waals surface area contributed by atoms with Crippen LogP contribution in [0.15, 0.2) is 42.5 Å². The minimum Gasteiger partial charge on any atom is -0.493 e. The summed E-state index contributed by atoms with van der Waals surface area (Å²) in [6.07, 6.45) is 0. The molecule has 0 saturated carbocycles. The lowest BCUT2D eigenvalue weighted by Gasteiger charge is -2.11. The van der Waals surface area contributed by atoms with Gasteiger partial charge in [0.15, 0.2) is 11.5 Å². The maximum Gasteiger partial charge on any atom is 0.162 e. The molecule has 0 aliphatic carbocycles. The molecule has 0 fully saturated rings. The van der Waals surface area contributed by atoms with E-state index >= 15 is 0 Å². The SMILES string of the molecule is COc1ccc(Nc2cccc(F)c2)cc1OC.